The molecule has 1 rings (SSSR count). The molecule has 1 saturated carbocycles. The summed E-state index contributed by atoms with van der Waals surface area (Å²) in [6.07, 6.45) is 1.57. The molecule has 0 amide bonds. The van der Waals surface area contributed by atoms with E-state index in [9.17, 15) is 9.90 Å². The van der Waals surface area contributed by atoms with Gasteiger partial charge in [0.05, 0.1) is 39.1 Å². The maximum atomic E-state index is 11.5. The van der Waals surface area contributed by atoms with Gasteiger partial charge in [0.1, 0.15) is 0 Å². The van der Waals surface area contributed by atoms with E-state index in [1.807, 2.05) is 4.90 Å². The van der Waals surface area contributed by atoms with E-state index in [0.29, 0.717) is 32.4 Å². The Bertz CT molecular complexity index is 257. The summed E-state index contributed by atoms with van der Waals surface area (Å²) in [7, 11) is 1.61. The average molecular weight is 275 g/mol. The van der Waals surface area contributed by atoms with E-state index in [4.69, 9.17) is 14.2 Å². The number of rotatable bonds is 11. The molecular weight excluding hydrogens is 250 g/mol. The number of nitrogens with zero attached hydrogens (tertiary/aromatic N) is 1. The van der Waals surface area contributed by atoms with Crippen molar-refractivity contribution in [2.24, 2.45) is 0 Å². The summed E-state index contributed by atoms with van der Waals surface area (Å²) in [5.74, 6) is -0.234. The van der Waals surface area contributed by atoms with Gasteiger partial charge in [0.25, 0.3) is 0 Å². The normalized spacial score (nSPS) is 16.6. The molecule has 1 aliphatic carbocycles. The van der Waals surface area contributed by atoms with Crippen molar-refractivity contribution in [3.63, 3.8) is 0 Å². The smallest absolute Gasteiger partial charge is 0.320 e. The lowest BCUT2D eigenvalue weighted by atomic mass is 10.3. The second-order valence-corrected chi connectivity index (χ2v) is 4.69. The minimum atomic E-state index is -0.591. The van der Waals surface area contributed by atoms with E-state index in [1.165, 1.54) is 0 Å². The molecule has 1 unspecified atom stereocenters. The van der Waals surface area contributed by atoms with E-state index >= 15 is 0 Å². The third kappa shape index (κ3) is 7.47. The topological polar surface area (TPSA) is 68.2 Å². The van der Waals surface area contributed by atoms with Crippen LogP contribution in [0.3, 0.4) is 0 Å². The summed E-state index contributed by atoms with van der Waals surface area (Å²) in [6.45, 7) is 4.11. The van der Waals surface area contributed by atoms with E-state index in [1.54, 1.807) is 14.0 Å². The second kappa shape index (κ2) is 9.25. The van der Waals surface area contributed by atoms with Gasteiger partial charge in [-0.3, -0.25) is 9.69 Å². The maximum absolute atomic E-state index is 11.5. The van der Waals surface area contributed by atoms with Crippen molar-refractivity contribution >= 4 is 5.97 Å². The van der Waals surface area contributed by atoms with Gasteiger partial charge in [0, 0.05) is 19.7 Å². The molecule has 1 atom stereocenters. The highest BCUT2D eigenvalue weighted by molar-refractivity contribution is 5.71. The zero-order valence-electron chi connectivity index (χ0n) is 11.8. The first kappa shape index (κ1) is 16.4. The van der Waals surface area contributed by atoms with Crippen LogP contribution in [0.2, 0.25) is 0 Å². The zero-order valence-corrected chi connectivity index (χ0v) is 11.8. The summed E-state index contributed by atoms with van der Waals surface area (Å²) >= 11 is 0. The fourth-order valence-electron chi connectivity index (χ4n) is 1.84. The van der Waals surface area contributed by atoms with Crippen LogP contribution in [0.4, 0.5) is 0 Å². The quantitative estimate of drug-likeness (QED) is 0.424. The predicted molar refractivity (Wildman–Crippen MR) is 69.9 cm³/mol. The van der Waals surface area contributed by atoms with Gasteiger partial charge in [-0.1, -0.05) is 0 Å². The molecule has 1 fully saturated rings. The first-order chi connectivity index (χ1) is 9.17. The number of esters is 1. The molecule has 0 heterocycles. The van der Waals surface area contributed by atoms with Crippen LogP contribution in [0.1, 0.15) is 19.8 Å². The molecule has 0 aromatic heterocycles. The van der Waals surface area contributed by atoms with Crippen molar-refractivity contribution in [2.75, 3.05) is 46.6 Å². The molecule has 0 saturated heterocycles. The Labute approximate surface area is 114 Å². The monoisotopic (exact) mass is 275 g/mol. The fraction of sp³-hybridized carbons (Fsp3) is 0.923. The van der Waals surface area contributed by atoms with Crippen molar-refractivity contribution in [3.8, 4) is 0 Å². The molecule has 0 aromatic carbocycles. The molecule has 6 heteroatoms. The number of methoxy groups -OCH3 is 1. The van der Waals surface area contributed by atoms with E-state index < -0.39 is 6.10 Å². The molecule has 1 N–H and O–H groups in total. The molecule has 0 spiro atoms. The van der Waals surface area contributed by atoms with Gasteiger partial charge in [-0.2, -0.15) is 0 Å². The number of hydrogen-bond donors (Lipinski definition) is 1. The Morgan fingerprint density at radius 2 is 2.16 bits per heavy atom. The molecule has 112 valence electrons. The minimum Gasteiger partial charge on any atom is -0.465 e. The van der Waals surface area contributed by atoms with Crippen molar-refractivity contribution in [2.45, 2.75) is 31.9 Å². The molecule has 0 aromatic rings. The van der Waals surface area contributed by atoms with Crippen molar-refractivity contribution < 1.29 is 24.1 Å². The molecule has 19 heavy (non-hydrogen) atoms. The summed E-state index contributed by atoms with van der Waals surface area (Å²) in [5.41, 5.74) is 0. The van der Waals surface area contributed by atoms with Crippen molar-refractivity contribution in [1.82, 2.24) is 4.90 Å². The van der Waals surface area contributed by atoms with Crippen LogP contribution in [0.5, 0.6) is 0 Å². The van der Waals surface area contributed by atoms with Crippen LogP contribution in [-0.4, -0.2) is 74.7 Å². The second-order valence-electron chi connectivity index (χ2n) is 4.69. The lowest BCUT2D eigenvalue weighted by molar-refractivity contribution is -0.145. The Hall–Kier alpha value is -0.690. The number of carbonyl (C=O) groups is 1. The Kier molecular flexibility index (Phi) is 7.97. The van der Waals surface area contributed by atoms with Gasteiger partial charge in [-0.25, -0.2) is 0 Å². The number of hydrogen-bond acceptors (Lipinski definition) is 6. The number of carbonyl (C=O) groups excluding carboxylic acids is 1. The highest BCUT2D eigenvalue weighted by Crippen LogP contribution is 2.26. The van der Waals surface area contributed by atoms with Gasteiger partial charge in [-0.05, 0) is 19.8 Å². The molecule has 6 nitrogen and oxygen atoms in total. The van der Waals surface area contributed by atoms with Crippen LogP contribution in [0, 0.1) is 0 Å². The standard InChI is InChI=1S/C13H25NO5/c1-3-19-13(16)9-14(11-4-5-11)8-12(15)10-18-7-6-17-2/h11-12,15H,3-10H2,1-2H3. The van der Waals surface area contributed by atoms with E-state index in [0.717, 1.165) is 12.8 Å². The van der Waals surface area contributed by atoms with Gasteiger partial charge in [-0.15, -0.1) is 0 Å². The number of aliphatic hydroxyl groups is 1. The number of ether oxygens (including phenoxy) is 3. The third-order valence-electron chi connectivity index (χ3n) is 2.89. The highest BCUT2D eigenvalue weighted by Gasteiger charge is 2.31. The molecular formula is C13H25NO5. The summed E-state index contributed by atoms with van der Waals surface area (Å²) in [6, 6.07) is 0.401. The first-order valence-electron chi connectivity index (χ1n) is 6.81. The largest absolute Gasteiger partial charge is 0.465 e. The minimum absolute atomic E-state index is 0.234. The Morgan fingerprint density at radius 1 is 1.42 bits per heavy atom. The maximum Gasteiger partial charge on any atom is 0.320 e. The summed E-state index contributed by atoms with van der Waals surface area (Å²) in [4.78, 5) is 13.4. The van der Waals surface area contributed by atoms with Gasteiger partial charge >= 0.3 is 5.97 Å². The van der Waals surface area contributed by atoms with E-state index in [2.05, 4.69) is 0 Å². The fourth-order valence-corrected chi connectivity index (χ4v) is 1.84. The first-order valence-corrected chi connectivity index (χ1v) is 6.81. The van der Waals surface area contributed by atoms with Gasteiger partial charge in [0.2, 0.25) is 0 Å². The summed E-state index contributed by atoms with van der Waals surface area (Å²) in [5, 5.41) is 9.88. The Morgan fingerprint density at radius 3 is 2.74 bits per heavy atom. The van der Waals surface area contributed by atoms with Crippen LogP contribution >= 0.6 is 0 Å². The molecule has 0 radical (unpaired) electrons. The van der Waals surface area contributed by atoms with Crippen LogP contribution < -0.4 is 0 Å². The lowest BCUT2D eigenvalue weighted by Crippen LogP contribution is -2.40. The van der Waals surface area contributed by atoms with Crippen molar-refractivity contribution in [3.05, 3.63) is 0 Å². The zero-order chi connectivity index (χ0) is 14.1. The third-order valence-corrected chi connectivity index (χ3v) is 2.89. The SMILES string of the molecule is CCOC(=O)CN(CC(O)COCCOC)C1CC1. The van der Waals surface area contributed by atoms with Gasteiger partial charge < -0.3 is 19.3 Å². The van der Waals surface area contributed by atoms with Crippen LogP contribution in [0.25, 0.3) is 0 Å². The molecule has 0 aliphatic heterocycles. The molecule has 0 bridgehead atoms. The highest BCUT2D eigenvalue weighted by atomic mass is 16.5. The molecule has 1 aliphatic rings. The van der Waals surface area contributed by atoms with Crippen molar-refractivity contribution in [1.29, 1.82) is 0 Å². The number of aliphatic hydroxyl groups excluding tert-OH is 1. The van der Waals surface area contributed by atoms with E-state index in [-0.39, 0.29) is 19.1 Å². The predicted octanol–water partition coefficient (Wildman–Crippen LogP) is 0.0378. The van der Waals surface area contributed by atoms with Crippen LogP contribution in [0.15, 0.2) is 0 Å². The van der Waals surface area contributed by atoms with Gasteiger partial charge in [0.15, 0.2) is 0 Å². The lowest BCUT2D eigenvalue weighted by Gasteiger charge is -2.23. The van der Waals surface area contributed by atoms with Crippen LogP contribution in [-0.2, 0) is 19.0 Å². The Balaban J connectivity index is 2.22. The summed E-state index contributed by atoms with van der Waals surface area (Å²) < 4.78 is 15.1. The average Bonchev–Trinajstić information content (AvgIpc) is 3.18.